The summed E-state index contributed by atoms with van der Waals surface area (Å²) in [6.45, 7) is 3.02. The first-order valence-electron chi connectivity index (χ1n) is 10.8. The van der Waals surface area contributed by atoms with E-state index in [4.69, 9.17) is 42.9 Å². The molecule has 6 rings (SSSR count). The van der Waals surface area contributed by atoms with E-state index < -0.39 is 0 Å². The standard InChI is InChI=1S/C24H19Cl2N5O2/c1-13-27-22-20(24(32)30(13)12-17-5-4-8-33-17)21-23(29-19-7-3-2-6-18(19)28-21)31(22)16-10-14(25)9-15(26)11-16/h2-3,6-7,9-11,17H,4-5,8,12H2,1H3. The molecule has 0 spiro atoms. The highest BCUT2D eigenvalue weighted by Gasteiger charge is 2.24. The average Bonchev–Trinajstić information content (AvgIpc) is 3.40. The monoisotopic (exact) mass is 479 g/mol. The molecule has 1 fully saturated rings. The van der Waals surface area contributed by atoms with Gasteiger partial charge in [0.2, 0.25) is 0 Å². The molecule has 4 heterocycles. The van der Waals surface area contributed by atoms with E-state index in [-0.39, 0.29) is 11.7 Å². The smallest absolute Gasteiger partial charge is 0.265 e. The largest absolute Gasteiger partial charge is 0.376 e. The first-order valence-corrected chi connectivity index (χ1v) is 11.5. The quantitative estimate of drug-likeness (QED) is 0.360. The number of aromatic nitrogens is 5. The van der Waals surface area contributed by atoms with E-state index in [0.29, 0.717) is 55.8 Å². The van der Waals surface area contributed by atoms with Crippen LogP contribution in [0.2, 0.25) is 10.0 Å². The van der Waals surface area contributed by atoms with Crippen LogP contribution in [0.4, 0.5) is 0 Å². The van der Waals surface area contributed by atoms with Crippen LogP contribution in [0, 0.1) is 6.92 Å². The van der Waals surface area contributed by atoms with Crippen molar-refractivity contribution in [3.05, 3.63) is 68.7 Å². The molecule has 0 aliphatic carbocycles. The van der Waals surface area contributed by atoms with E-state index in [2.05, 4.69) is 0 Å². The van der Waals surface area contributed by atoms with Gasteiger partial charge in [-0.15, -0.1) is 0 Å². The Bertz CT molecular complexity index is 1600. The van der Waals surface area contributed by atoms with Crippen molar-refractivity contribution in [2.24, 2.45) is 0 Å². The maximum absolute atomic E-state index is 13.8. The van der Waals surface area contributed by atoms with Gasteiger partial charge in [0, 0.05) is 16.7 Å². The lowest BCUT2D eigenvalue weighted by Crippen LogP contribution is -2.29. The molecular weight excluding hydrogens is 461 g/mol. The van der Waals surface area contributed by atoms with Crippen LogP contribution in [0.1, 0.15) is 18.7 Å². The third-order valence-electron chi connectivity index (χ3n) is 6.07. The van der Waals surface area contributed by atoms with Crippen LogP contribution in [0.25, 0.3) is 38.9 Å². The summed E-state index contributed by atoms with van der Waals surface area (Å²) in [6.07, 6.45) is 1.94. The molecule has 5 aromatic rings. The molecule has 1 aliphatic heterocycles. The summed E-state index contributed by atoms with van der Waals surface area (Å²) < 4.78 is 9.27. The SMILES string of the molecule is Cc1nc2c(c(=O)n1CC1CCCO1)c1nc3ccccc3nc1n2-c1cc(Cl)cc(Cl)c1. The van der Waals surface area contributed by atoms with Gasteiger partial charge in [0.1, 0.15) is 16.7 Å². The van der Waals surface area contributed by atoms with Crippen LogP contribution in [-0.2, 0) is 11.3 Å². The summed E-state index contributed by atoms with van der Waals surface area (Å²) in [7, 11) is 0. The molecule has 2 aromatic carbocycles. The Balaban J connectivity index is 1.73. The second kappa shape index (κ2) is 7.80. The number of benzene rings is 2. The Morgan fingerprint density at radius 2 is 1.76 bits per heavy atom. The molecule has 9 heteroatoms. The van der Waals surface area contributed by atoms with Crippen molar-refractivity contribution in [2.45, 2.75) is 32.4 Å². The topological polar surface area (TPSA) is 74.8 Å². The normalized spacial score (nSPS) is 16.4. The fourth-order valence-corrected chi connectivity index (χ4v) is 5.07. The van der Waals surface area contributed by atoms with Crippen LogP contribution < -0.4 is 5.56 Å². The molecule has 0 N–H and O–H groups in total. The fourth-order valence-electron chi connectivity index (χ4n) is 4.55. The van der Waals surface area contributed by atoms with Gasteiger partial charge >= 0.3 is 0 Å². The Morgan fingerprint density at radius 1 is 1.03 bits per heavy atom. The highest BCUT2D eigenvalue weighted by Crippen LogP contribution is 2.31. The predicted octanol–water partition coefficient (Wildman–Crippen LogP) is 5.08. The van der Waals surface area contributed by atoms with Gasteiger partial charge < -0.3 is 4.74 Å². The van der Waals surface area contributed by atoms with Gasteiger partial charge in [-0.05, 0) is 50.1 Å². The van der Waals surface area contributed by atoms with Crippen LogP contribution in [0.5, 0.6) is 0 Å². The van der Waals surface area contributed by atoms with Gasteiger partial charge in [0.15, 0.2) is 11.3 Å². The lowest BCUT2D eigenvalue weighted by Gasteiger charge is -2.14. The first kappa shape index (κ1) is 20.6. The van der Waals surface area contributed by atoms with Crippen LogP contribution in [-0.4, -0.2) is 36.8 Å². The summed E-state index contributed by atoms with van der Waals surface area (Å²) >= 11 is 12.6. The number of halogens is 2. The van der Waals surface area contributed by atoms with Crippen molar-refractivity contribution in [2.75, 3.05) is 6.61 Å². The summed E-state index contributed by atoms with van der Waals surface area (Å²) in [4.78, 5) is 28.3. The molecule has 166 valence electrons. The van der Waals surface area contributed by atoms with Crippen LogP contribution in [0.15, 0.2) is 47.3 Å². The van der Waals surface area contributed by atoms with E-state index in [0.717, 1.165) is 25.0 Å². The second-order valence-electron chi connectivity index (χ2n) is 8.26. The molecule has 1 saturated heterocycles. The summed E-state index contributed by atoms with van der Waals surface area (Å²) in [6, 6.07) is 12.8. The molecule has 1 aliphatic rings. The maximum atomic E-state index is 13.8. The van der Waals surface area contributed by atoms with Crippen molar-refractivity contribution in [3.63, 3.8) is 0 Å². The average molecular weight is 480 g/mol. The lowest BCUT2D eigenvalue weighted by atomic mass is 10.2. The fraction of sp³-hybridized carbons (Fsp3) is 0.250. The van der Waals surface area contributed by atoms with Crippen molar-refractivity contribution >= 4 is 56.4 Å². The molecule has 0 bridgehead atoms. The van der Waals surface area contributed by atoms with Gasteiger partial charge in [0.05, 0.1) is 29.4 Å². The molecule has 1 unspecified atom stereocenters. The number of ether oxygens (including phenoxy) is 1. The van der Waals surface area contributed by atoms with Crippen LogP contribution >= 0.6 is 23.2 Å². The zero-order valence-corrected chi connectivity index (χ0v) is 19.3. The Labute approximate surface area is 198 Å². The van der Waals surface area contributed by atoms with Gasteiger partial charge in [-0.1, -0.05) is 35.3 Å². The minimum Gasteiger partial charge on any atom is -0.376 e. The number of nitrogens with zero attached hydrogens (tertiary/aromatic N) is 5. The summed E-state index contributed by atoms with van der Waals surface area (Å²) in [5, 5.41) is 1.37. The van der Waals surface area contributed by atoms with Crippen molar-refractivity contribution in [1.29, 1.82) is 0 Å². The third-order valence-corrected chi connectivity index (χ3v) is 6.51. The molecule has 3 aromatic heterocycles. The highest BCUT2D eigenvalue weighted by atomic mass is 35.5. The highest BCUT2D eigenvalue weighted by molar-refractivity contribution is 6.35. The number of hydrogen-bond acceptors (Lipinski definition) is 5. The van der Waals surface area contributed by atoms with E-state index in [9.17, 15) is 4.79 Å². The molecule has 0 radical (unpaired) electrons. The van der Waals surface area contributed by atoms with E-state index in [1.54, 1.807) is 22.8 Å². The van der Waals surface area contributed by atoms with E-state index in [1.807, 2.05) is 35.8 Å². The minimum atomic E-state index is -0.158. The molecule has 1 atom stereocenters. The zero-order valence-electron chi connectivity index (χ0n) is 17.8. The Hall–Kier alpha value is -3.00. The van der Waals surface area contributed by atoms with E-state index >= 15 is 0 Å². The van der Waals surface area contributed by atoms with E-state index in [1.165, 1.54) is 0 Å². The summed E-state index contributed by atoms with van der Waals surface area (Å²) in [5.41, 5.74) is 3.44. The lowest BCUT2D eigenvalue weighted by molar-refractivity contribution is 0.0955. The number of hydrogen-bond donors (Lipinski definition) is 0. The molecule has 7 nitrogen and oxygen atoms in total. The van der Waals surface area contributed by atoms with Crippen molar-refractivity contribution in [3.8, 4) is 5.69 Å². The zero-order chi connectivity index (χ0) is 22.7. The maximum Gasteiger partial charge on any atom is 0.265 e. The first-order chi connectivity index (χ1) is 16.0. The number of para-hydroxylation sites is 2. The molecular formula is C24H19Cl2N5O2. The van der Waals surface area contributed by atoms with Crippen molar-refractivity contribution in [1.82, 2.24) is 24.1 Å². The second-order valence-corrected chi connectivity index (χ2v) is 9.13. The number of aryl methyl sites for hydroxylation is 1. The number of fused-ring (bicyclic) bond motifs is 4. The van der Waals surface area contributed by atoms with Crippen LogP contribution in [0.3, 0.4) is 0 Å². The minimum absolute atomic E-state index is 0.00708. The summed E-state index contributed by atoms with van der Waals surface area (Å²) in [5.74, 6) is 0.602. The van der Waals surface area contributed by atoms with Crippen molar-refractivity contribution < 1.29 is 4.74 Å². The predicted molar refractivity (Wildman–Crippen MR) is 130 cm³/mol. The third kappa shape index (κ3) is 3.39. The van der Waals surface area contributed by atoms with Gasteiger partial charge in [-0.25, -0.2) is 15.0 Å². The molecule has 0 saturated carbocycles. The van der Waals surface area contributed by atoms with Gasteiger partial charge in [-0.3, -0.25) is 13.9 Å². The Kier molecular flexibility index (Phi) is 4.87. The Morgan fingerprint density at radius 3 is 2.45 bits per heavy atom. The van der Waals surface area contributed by atoms with Gasteiger partial charge in [0.25, 0.3) is 5.56 Å². The molecule has 0 amide bonds. The van der Waals surface area contributed by atoms with Gasteiger partial charge in [-0.2, -0.15) is 0 Å². The number of rotatable bonds is 3. The molecule has 33 heavy (non-hydrogen) atoms.